The molecule has 2 aliphatic heterocycles. The van der Waals surface area contributed by atoms with Crippen LogP contribution in [0.2, 0.25) is 0 Å². The third-order valence-corrected chi connectivity index (χ3v) is 3.47. The van der Waals surface area contributed by atoms with E-state index in [0.29, 0.717) is 0 Å². The maximum Gasteiger partial charge on any atom is 0.0984 e. The highest BCUT2D eigenvalue weighted by molar-refractivity contribution is 5.10. The molecular weight excluding hydrogens is 228 g/mol. The van der Waals surface area contributed by atoms with Crippen LogP contribution in [0, 0.1) is 12.3 Å². The zero-order valence-electron chi connectivity index (χ0n) is 10.7. The molecule has 0 amide bonds. The van der Waals surface area contributed by atoms with Gasteiger partial charge in [-0.05, 0) is 18.9 Å². The van der Waals surface area contributed by atoms with E-state index in [-0.39, 0.29) is 24.4 Å². The molecule has 1 saturated heterocycles. The number of aliphatic hydroxyl groups is 1. The summed E-state index contributed by atoms with van der Waals surface area (Å²) in [6.45, 7) is 2.07. The molecule has 2 heterocycles. The van der Waals surface area contributed by atoms with E-state index in [0.717, 1.165) is 19.3 Å². The zero-order valence-corrected chi connectivity index (χ0v) is 10.7. The van der Waals surface area contributed by atoms with Gasteiger partial charge < -0.3 is 14.6 Å². The fraction of sp³-hybridized carbons (Fsp3) is 0.600. The summed E-state index contributed by atoms with van der Waals surface area (Å²) in [5.41, 5.74) is 0. The average Bonchev–Trinajstić information content (AvgIpc) is 2.77. The zero-order chi connectivity index (χ0) is 13.0. The monoisotopic (exact) mass is 248 g/mol. The lowest BCUT2D eigenvalue weighted by Gasteiger charge is -2.23. The predicted molar refractivity (Wildman–Crippen MR) is 70.0 cm³/mol. The van der Waals surface area contributed by atoms with Crippen molar-refractivity contribution in [2.24, 2.45) is 0 Å². The number of rotatable bonds is 3. The average molecular weight is 248 g/mol. The summed E-state index contributed by atoms with van der Waals surface area (Å²) in [6, 6.07) is 0. The first-order chi connectivity index (χ1) is 8.74. The Labute approximate surface area is 108 Å². The molecular formula is C15H20O3. The topological polar surface area (TPSA) is 38.7 Å². The number of aliphatic hydroxyl groups excluding tert-OH is 1. The first-order valence-electron chi connectivity index (χ1n) is 6.53. The van der Waals surface area contributed by atoms with Crippen molar-refractivity contribution in [2.45, 2.75) is 56.7 Å². The highest BCUT2D eigenvalue weighted by Crippen LogP contribution is 2.31. The molecule has 3 heteroatoms. The normalized spacial score (nSPS) is 41.3. The Kier molecular flexibility index (Phi) is 4.60. The molecule has 5 atom stereocenters. The summed E-state index contributed by atoms with van der Waals surface area (Å²) in [5, 5.41) is 9.99. The number of hydrogen-bond acceptors (Lipinski definition) is 3. The van der Waals surface area contributed by atoms with Crippen molar-refractivity contribution in [3.63, 3.8) is 0 Å². The molecule has 0 aromatic heterocycles. The van der Waals surface area contributed by atoms with Gasteiger partial charge in [-0.3, -0.25) is 0 Å². The van der Waals surface area contributed by atoms with Gasteiger partial charge in [-0.1, -0.05) is 31.1 Å². The smallest absolute Gasteiger partial charge is 0.0984 e. The molecule has 0 aromatic carbocycles. The van der Waals surface area contributed by atoms with E-state index >= 15 is 0 Å². The van der Waals surface area contributed by atoms with Crippen LogP contribution in [0.4, 0.5) is 0 Å². The van der Waals surface area contributed by atoms with Crippen LogP contribution in [-0.4, -0.2) is 35.6 Å². The SMILES string of the molecule is C#C/C=C/C[C@@H]1O[C@@H]2C[C@H]1O[C@H](CC)/C=C\[C@@H]2O. The van der Waals surface area contributed by atoms with Gasteiger partial charge in [-0.15, -0.1) is 6.42 Å². The number of hydrogen-bond donors (Lipinski definition) is 1. The maximum absolute atomic E-state index is 9.99. The van der Waals surface area contributed by atoms with Crippen molar-refractivity contribution < 1.29 is 14.6 Å². The van der Waals surface area contributed by atoms with Gasteiger partial charge in [0.15, 0.2) is 0 Å². The van der Waals surface area contributed by atoms with Crippen molar-refractivity contribution in [3.8, 4) is 12.3 Å². The summed E-state index contributed by atoms with van der Waals surface area (Å²) in [7, 11) is 0. The molecule has 0 spiro atoms. The standard InChI is InChI=1S/C15H20O3/c1-3-5-6-7-13-15-10-14(18-13)12(16)9-8-11(4-2)17-15/h1,5-6,8-9,11-16H,4,7,10H2,2H3/b6-5+,9-8-/t11-,12+,13+,14-,15-/m1/s1. The van der Waals surface area contributed by atoms with Crippen LogP contribution in [-0.2, 0) is 9.47 Å². The Hall–Kier alpha value is -1.08. The van der Waals surface area contributed by atoms with Crippen LogP contribution in [0.15, 0.2) is 24.3 Å². The minimum absolute atomic E-state index is 0.0109. The van der Waals surface area contributed by atoms with Gasteiger partial charge in [-0.25, -0.2) is 0 Å². The molecule has 3 nitrogen and oxygen atoms in total. The second kappa shape index (κ2) is 6.19. The van der Waals surface area contributed by atoms with Crippen LogP contribution in [0.25, 0.3) is 0 Å². The lowest BCUT2D eigenvalue weighted by Crippen LogP contribution is -2.29. The first kappa shape index (κ1) is 13.4. The fourth-order valence-corrected chi connectivity index (χ4v) is 2.45. The molecule has 1 N–H and O–H groups in total. The van der Waals surface area contributed by atoms with Crippen molar-refractivity contribution in [3.05, 3.63) is 24.3 Å². The molecule has 1 fully saturated rings. The van der Waals surface area contributed by atoms with Crippen LogP contribution < -0.4 is 0 Å². The van der Waals surface area contributed by atoms with Crippen molar-refractivity contribution >= 4 is 0 Å². The van der Waals surface area contributed by atoms with Gasteiger partial charge in [0.05, 0.1) is 30.5 Å². The van der Waals surface area contributed by atoms with E-state index in [1.54, 1.807) is 12.2 Å². The number of fused-ring (bicyclic) bond motifs is 2. The number of ether oxygens (including phenoxy) is 2. The van der Waals surface area contributed by atoms with E-state index in [9.17, 15) is 5.11 Å². The summed E-state index contributed by atoms with van der Waals surface area (Å²) < 4.78 is 11.9. The molecule has 2 aliphatic rings. The Balaban J connectivity index is 2.05. The lowest BCUT2D eigenvalue weighted by atomic mass is 10.0. The summed E-state index contributed by atoms with van der Waals surface area (Å²) >= 11 is 0. The molecule has 18 heavy (non-hydrogen) atoms. The van der Waals surface area contributed by atoms with Crippen LogP contribution in [0.5, 0.6) is 0 Å². The van der Waals surface area contributed by atoms with Gasteiger partial charge in [0, 0.05) is 6.42 Å². The van der Waals surface area contributed by atoms with Gasteiger partial charge in [0.1, 0.15) is 0 Å². The predicted octanol–water partition coefficient (Wildman–Crippen LogP) is 1.82. The molecule has 0 unspecified atom stereocenters. The van der Waals surface area contributed by atoms with Crippen molar-refractivity contribution in [2.75, 3.05) is 0 Å². The second-order valence-corrected chi connectivity index (χ2v) is 4.75. The summed E-state index contributed by atoms with van der Waals surface area (Å²) in [5.74, 6) is 2.47. The fourth-order valence-electron chi connectivity index (χ4n) is 2.45. The number of terminal acetylenes is 1. The first-order valence-corrected chi connectivity index (χ1v) is 6.53. The molecule has 0 saturated carbocycles. The van der Waals surface area contributed by atoms with Gasteiger partial charge >= 0.3 is 0 Å². The molecule has 2 rings (SSSR count). The van der Waals surface area contributed by atoms with Gasteiger partial charge in [0.25, 0.3) is 0 Å². The van der Waals surface area contributed by atoms with Crippen LogP contribution >= 0.6 is 0 Å². The third-order valence-electron chi connectivity index (χ3n) is 3.47. The highest BCUT2D eigenvalue weighted by atomic mass is 16.6. The minimum atomic E-state index is -0.535. The van der Waals surface area contributed by atoms with E-state index in [1.807, 2.05) is 12.2 Å². The second-order valence-electron chi connectivity index (χ2n) is 4.75. The number of allylic oxidation sites excluding steroid dienone is 1. The lowest BCUT2D eigenvalue weighted by molar-refractivity contribution is -0.0489. The van der Waals surface area contributed by atoms with Crippen LogP contribution in [0.3, 0.4) is 0 Å². The molecule has 0 radical (unpaired) electrons. The largest absolute Gasteiger partial charge is 0.386 e. The Morgan fingerprint density at radius 2 is 2.22 bits per heavy atom. The molecule has 2 bridgehead atoms. The van der Waals surface area contributed by atoms with E-state index in [2.05, 4.69) is 12.8 Å². The Bertz CT molecular complexity index is 366. The maximum atomic E-state index is 9.99. The van der Waals surface area contributed by atoms with Crippen molar-refractivity contribution in [1.82, 2.24) is 0 Å². The van der Waals surface area contributed by atoms with Crippen molar-refractivity contribution in [1.29, 1.82) is 0 Å². The molecule has 0 aliphatic carbocycles. The quantitative estimate of drug-likeness (QED) is 0.611. The van der Waals surface area contributed by atoms with Gasteiger partial charge in [-0.2, -0.15) is 0 Å². The van der Waals surface area contributed by atoms with Gasteiger partial charge in [0.2, 0.25) is 0 Å². The van der Waals surface area contributed by atoms with E-state index in [4.69, 9.17) is 15.9 Å². The summed E-state index contributed by atoms with van der Waals surface area (Å²) in [4.78, 5) is 0. The summed E-state index contributed by atoms with van der Waals surface area (Å²) in [6.07, 6.45) is 14.3. The molecule has 0 aromatic rings. The highest BCUT2D eigenvalue weighted by Gasteiger charge is 2.40. The minimum Gasteiger partial charge on any atom is -0.386 e. The Morgan fingerprint density at radius 3 is 2.94 bits per heavy atom. The third kappa shape index (κ3) is 3.02. The Morgan fingerprint density at radius 1 is 1.39 bits per heavy atom. The molecule has 98 valence electrons. The van der Waals surface area contributed by atoms with E-state index in [1.165, 1.54) is 0 Å². The van der Waals surface area contributed by atoms with E-state index < -0.39 is 6.10 Å². The van der Waals surface area contributed by atoms with Crippen LogP contribution in [0.1, 0.15) is 26.2 Å².